The average Bonchev–Trinajstić information content (AvgIpc) is 3.27. The molecule has 0 aliphatic carbocycles. The first-order chi connectivity index (χ1) is 12.0. The molecule has 25 heavy (non-hydrogen) atoms. The van der Waals surface area contributed by atoms with Crippen LogP contribution in [-0.2, 0) is 11.3 Å². The molecule has 2 N–H and O–H groups in total. The van der Waals surface area contributed by atoms with Gasteiger partial charge in [0.25, 0.3) is 0 Å². The van der Waals surface area contributed by atoms with E-state index < -0.39 is 0 Å². The smallest absolute Gasteiger partial charge is 0.234 e. The number of primary amides is 1. The van der Waals surface area contributed by atoms with Crippen molar-refractivity contribution < 1.29 is 18.7 Å². The fourth-order valence-electron chi connectivity index (χ4n) is 3.30. The fourth-order valence-corrected chi connectivity index (χ4v) is 3.54. The lowest BCUT2D eigenvalue weighted by Gasteiger charge is -2.20. The first-order valence-corrected chi connectivity index (χ1v) is 8.50. The van der Waals surface area contributed by atoms with E-state index in [4.69, 9.17) is 31.2 Å². The zero-order chi connectivity index (χ0) is 17.6. The van der Waals surface area contributed by atoms with Crippen LogP contribution in [0.1, 0.15) is 24.3 Å². The summed E-state index contributed by atoms with van der Waals surface area (Å²) in [6.45, 7) is 3.36. The number of likely N-dealkylation sites (tertiary alicyclic amines) is 1. The second-order valence-electron chi connectivity index (χ2n) is 6.24. The van der Waals surface area contributed by atoms with Gasteiger partial charge >= 0.3 is 0 Å². The molecular formula is C17H18ClN3O4. The lowest BCUT2D eigenvalue weighted by molar-refractivity contribution is -0.122. The lowest BCUT2D eigenvalue weighted by Crippen LogP contribution is -2.39. The Morgan fingerprint density at radius 3 is 2.92 bits per heavy atom. The number of nitrogens with two attached hydrogens (primary N) is 1. The highest BCUT2D eigenvalue weighted by Gasteiger charge is 2.30. The molecule has 1 saturated heterocycles. The highest BCUT2D eigenvalue weighted by atomic mass is 35.5. The van der Waals surface area contributed by atoms with Gasteiger partial charge in [-0.2, -0.15) is 0 Å². The third-order valence-electron chi connectivity index (χ3n) is 4.63. The molecule has 1 fully saturated rings. The predicted octanol–water partition coefficient (Wildman–Crippen LogP) is 2.48. The van der Waals surface area contributed by atoms with Gasteiger partial charge in [0.15, 0.2) is 11.5 Å². The molecule has 0 bridgehead atoms. The molecule has 8 heteroatoms. The number of benzene rings is 1. The van der Waals surface area contributed by atoms with Crippen LogP contribution in [0.25, 0.3) is 11.5 Å². The van der Waals surface area contributed by atoms with Gasteiger partial charge in [-0.1, -0.05) is 11.6 Å². The number of amides is 1. The lowest BCUT2D eigenvalue weighted by atomic mass is 10.2. The zero-order valence-electron chi connectivity index (χ0n) is 13.8. The standard InChI is InChI=1S/C17H18ClN3O4/c1-9-12(7-21-4-2-3-13(21)16(19)22)20-17(25-9)10-5-14-15(6-11(10)18)24-8-23-14/h5-6,13H,2-4,7-8H2,1H3,(H2,19,22)/t13-/m0/s1. The van der Waals surface area contributed by atoms with Gasteiger partial charge in [-0.15, -0.1) is 0 Å². The van der Waals surface area contributed by atoms with Crippen molar-refractivity contribution in [2.45, 2.75) is 32.4 Å². The molecule has 1 aromatic heterocycles. The molecule has 0 radical (unpaired) electrons. The van der Waals surface area contributed by atoms with E-state index in [2.05, 4.69) is 4.98 Å². The molecule has 1 aromatic carbocycles. The van der Waals surface area contributed by atoms with Crippen LogP contribution in [0.4, 0.5) is 0 Å². The van der Waals surface area contributed by atoms with Gasteiger partial charge in [0.2, 0.25) is 18.6 Å². The molecule has 0 spiro atoms. The number of nitrogens with zero attached hydrogens (tertiary/aromatic N) is 2. The van der Waals surface area contributed by atoms with Crippen molar-refractivity contribution in [3.63, 3.8) is 0 Å². The third kappa shape index (κ3) is 2.94. The summed E-state index contributed by atoms with van der Waals surface area (Å²) in [5.41, 5.74) is 6.90. The van der Waals surface area contributed by atoms with Gasteiger partial charge < -0.3 is 19.6 Å². The van der Waals surface area contributed by atoms with Crippen molar-refractivity contribution in [2.24, 2.45) is 5.73 Å². The quantitative estimate of drug-likeness (QED) is 0.897. The van der Waals surface area contributed by atoms with Crippen LogP contribution in [0, 0.1) is 6.92 Å². The number of aryl methyl sites for hydroxylation is 1. The maximum Gasteiger partial charge on any atom is 0.234 e. The van der Waals surface area contributed by atoms with Crippen molar-refractivity contribution in [1.29, 1.82) is 0 Å². The first-order valence-electron chi connectivity index (χ1n) is 8.12. The van der Waals surface area contributed by atoms with Crippen LogP contribution < -0.4 is 15.2 Å². The van der Waals surface area contributed by atoms with Crippen molar-refractivity contribution in [3.05, 3.63) is 28.6 Å². The minimum atomic E-state index is -0.294. The minimum absolute atomic E-state index is 0.175. The SMILES string of the molecule is Cc1oc(-c2cc3c(cc2Cl)OCO3)nc1CN1CCC[C@H]1C(N)=O. The maximum atomic E-state index is 11.6. The number of rotatable bonds is 4. The van der Waals surface area contributed by atoms with E-state index in [0.717, 1.165) is 25.1 Å². The van der Waals surface area contributed by atoms with E-state index in [1.54, 1.807) is 12.1 Å². The number of ether oxygens (including phenoxy) is 2. The minimum Gasteiger partial charge on any atom is -0.454 e. The van der Waals surface area contributed by atoms with Crippen LogP contribution in [0.3, 0.4) is 0 Å². The molecule has 2 aromatic rings. The van der Waals surface area contributed by atoms with Crippen LogP contribution in [0.2, 0.25) is 5.02 Å². The number of oxazole rings is 1. The average molecular weight is 364 g/mol. The van der Waals surface area contributed by atoms with E-state index in [0.29, 0.717) is 40.3 Å². The Balaban J connectivity index is 1.62. The van der Waals surface area contributed by atoms with Crippen molar-refractivity contribution in [3.8, 4) is 23.0 Å². The van der Waals surface area contributed by atoms with Gasteiger partial charge in [-0.25, -0.2) is 4.98 Å². The molecule has 7 nitrogen and oxygen atoms in total. The number of aromatic nitrogens is 1. The Morgan fingerprint density at radius 2 is 2.16 bits per heavy atom. The molecule has 132 valence electrons. The van der Waals surface area contributed by atoms with E-state index in [1.165, 1.54) is 0 Å². The Labute approximate surface area is 149 Å². The summed E-state index contributed by atoms with van der Waals surface area (Å²) in [7, 11) is 0. The summed E-state index contributed by atoms with van der Waals surface area (Å²) >= 11 is 6.33. The second-order valence-corrected chi connectivity index (χ2v) is 6.65. The maximum absolute atomic E-state index is 11.6. The normalized spacial score (nSPS) is 19.5. The molecular weight excluding hydrogens is 346 g/mol. The van der Waals surface area contributed by atoms with Crippen LogP contribution in [0.5, 0.6) is 11.5 Å². The molecule has 1 atom stereocenters. The molecule has 1 amide bonds. The summed E-state index contributed by atoms with van der Waals surface area (Å²) in [5.74, 6) is 2.05. The molecule has 0 saturated carbocycles. The van der Waals surface area contributed by atoms with Gasteiger partial charge in [0.05, 0.1) is 22.3 Å². The van der Waals surface area contributed by atoms with Crippen LogP contribution in [0.15, 0.2) is 16.5 Å². The molecule has 3 heterocycles. The van der Waals surface area contributed by atoms with E-state index >= 15 is 0 Å². The molecule has 2 aliphatic heterocycles. The number of carbonyl (C=O) groups excluding carboxylic acids is 1. The number of halogens is 1. The van der Waals surface area contributed by atoms with Crippen molar-refractivity contribution in [2.75, 3.05) is 13.3 Å². The van der Waals surface area contributed by atoms with E-state index in [-0.39, 0.29) is 18.7 Å². The van der Waals surface area contributed by atoms with E-state index in [1.807, 2.05) is 11.8 Å². The molecule has 2 aliphatic rings. The highest BCUT2D eigenvalue weighted by molar-refractivity contribution is 6.33. The van der Waals surface area contributed by atoms with Gasteiger partial charge in [-0.3, -0.25) is 9.69 Å². The van der Waals surface area contributed by atoms with Gasteiger partial charge in [-0.05, 0) is 32.4 Å². The molecule has 0 unspecified atom stereocenters. The number of hydrogen-bond donors (Lipinski definition) is 1. The Bertz CT molecular complexity index is 836. The third-order valence-corrected chi connectivity index (χ3v) is 4.94. The monoisotopic (exact) mass is 363 g/mol. The topological polar surface area (TPSA) is 90.8 Å². The second kappa shape index (κ2) is 6.24. The predicted molar refractivity (Wildman–Crippen MR) is 90.4 cm³/mol. The Kier molecular flexibility index (Phi) is 4.05. The largest absolute Gasteiger partial charge is 0.454 e. The Hall–Kier alpha value is -2.25. The summed E-state index contributed by atoms with van der Waals surface area (Å²) < 4.78 is 16.5. The summed E-state index contributed by atoms with van der Waals surface area (Å²) in [5, 5.41) is 0.480. The number of hydrogen-bond acceptors (Lipinski definition) is 6. The van der Waals surface area contributed by atoms with Crippen molar-refractivity contribution in [1.82, 2.24) is 9.88 Å². The molecule has 4 rings (SSSR count). The number of carbonyl (C=O) groups is 1. The Morgan fingerprint density at radius 1 is 1.40 bits per heavy atom. The van der Waals surface area contributed by atoms with Crippen LogP contribution >= 0.6 is 11.6 Å². The van der Waals surface area contributed by atoms with Gasteiger partial charge in [0.1, 0.15) is 5.76 Å². The number of fused-ring (bicyclic) bond motifs is 1. The summed E-state index contributed by atoms with van der Waals surface area (Å²) in [6.07, 6.45) is 1.73. The van der Waals surface area contributed by atoms with Gasteiger partial charge in [0, 0.05) is 12.6 Å². The zero-order valence-corrected chi connectivity index (χ0v) is 14.5. The van der Waals surface area contributed by atoms with E-state index in [9.17, 15) is 4.79 Å². The summed E-state index contributed by atoms with van der Waals surface area (Å²) in [6, 6.07) is 3.22. The van der Waals surface area contributed by atoms with Crippen LogP contribution in [-0.4, -0.2) is 35.2 Å². The summed E-state index contributed by atoms with van der Waals surface area (Å²) in [4.78, 5) is 18.2. The first kappa shape index (κ1) is 16.2. The highest BCUT2D eigenvalue weighted by Crippen LogP contribution is 2.41. The fraction of sp³-hybridized carbons (Fsp3) is 0.412. The van der Waals surface area contributed by atoms with Crippen molar-refractivity contribution >= 4 is 17.5 Å².